The average Bonchev–Trinajstić information content (AvgIpc) is 1.99. The van der Waals surface area contributed by atoms with Crippen molar-refractivity contribution >= 4 is 22.2 Å². The van der Waals surface area contributed by atoms with Gasteiger partial charge in [0.25, 0.3) is 0 Å². The molecule has 0 heterocycles. The van der Waals surface area contributed by atoms with Crippen molar-refractivity contribution < 1.29 is 14.3 Å². The molecule has 60 valence electrons. The fraction of sp³-hybridized carbons (Fsp3) is 0.833. The first kappa shape index (κ1) is 10.1. The van der Waals surface area contributed by atoms with Crippen LogP contribution in [-0.4, -0.2) is 31.1 Å². The number of ether oxygens (including phenoxy) is 2. The highest BCUT2D eigenvalue weighted by atomic mass is 79.9. The Morgan fingerprint density at radius 1 is 1.70 bits per heavy atom. The molecule has 0 aromatic carbocycles. The molecular weight excluding hydrogens is 200 g/mol. The summed E-state index contributed by atoms with van der Waals surface area (Å²) in [4.78, 5) is 10.1. The Bertz CT molecular complexity index is 97.0. The van der Waals surface area contributed by atoms with Crippen molar-refractivity contribution in [2.75, 3.05) is 12.4 Å². The van der Waals surface area contributed by atoms with E-state index in [1.165, 1.54) is 7.11 Å². The molecule has 0 fully saturated rings. The SMILES string of the molecule is COC(C=O)OC(C)CBr. The number of carbonyl (C=O) groups excluding carboxylic acids is 1. The Labute approximate surface area is 68.8 Å². The van der Waals surface area contributed by atoms with Crippen molar-refractivity contribution in [1.82, 2.24) is 0 Å². The third-order valence-corrected chi connectivity index (χ3v) is 1.84. The van der Waals surface area contributed by atoms with E-state index < -0.39 is 6.29 Å². The van der Waals surface area contributed by atoms with Gasteiger partial charge in [0.15, 0.2) is 6.29 Å². The molecule has 3 nitrogen and oxygen atoms in total. The summed E-state index contributed by atoms with van der Waals surface area (Å²) in [5.41, 5.74) is 0. The molecule has 4 heteroatoms. The monoisotopic (exact) mass is 210 g/mol. The second kappa shape index (κ2) is 5.82. The van der Waals surface area contributed by atoms with Crippen molar-refractivity contribution in [3.05, 3.63) is 0 Å². The summed E-state index contributed by atoms with van der Waals surface area (Å²) in [6.07, 6.45) is -0.109. The molecule has 0 N–H and O–H groups in total. The average molecular weight is 211 g/mol. The topological polar surface area (TPSA) is 35.5 Å². The summed E-state index contributed by atoms with van der Waals surface area (Å²) in [5, 5.41) is 0.695. The van der Waals surface area contributed by atoms with Gasteiger partial charge < -0.3 is 9.47 Å². The first-order valence-corrected chi connectivity index (χ1v) is 4.06. The molecule has 0 rings (SSSR count). The van der Waals surface area contributed by atoms with E-state index in [9.17, 15) is 4.79 Å². The van der Waals surface area contributed by atoms with Gasteiger partial charge in [-0.3, -0.25) is 4.79 Å². The molecular formula is C6H11BrO3. The molecule has 0 bridgehead atoms. The molecule has 0 amide bonds. The number of methoxy groups -OCH3 is 1. The largest absolute Gasteiger partial charge is 0.350 e. The molecule has 0 spiro atoms. The molecule has 0 aliphatic carbocycles. The van der Waals surface area contributed by atoms with E-state index in [1.54, 1.807) is 0 Å². The maximum Gasteiger partial charge on any atom is 0.214 e. The smallest absolute Gasteiger partial charge is 0.214 e. The first-order valence-electron chi connectivity index (χ1n) is 2.94. The maximum atomic E-state index is 10.1. The highest BCUT2D eigenvalue weighted by Gasteiger charge is 2.08. The third-order valence-electron chi connectivity index (χ3n) is 0.927. The van der Waals surface area contributed by atoms with Crippen LogP contribution < -0.4 is 0 Å². The van der Waals surface area contributed by atoms with Gasteiger partial charge in [-0.2, -0.15) is 0 Å². The molecule has 0 aromatic rings. The zero-order valence-corrected chi connectivity index (χ0v) is 7.63. The molecule has 0 radical (unpaired) electrons. The van der Waals surface area contributed by atoms with Crippen LogP contribution in [0.25, 0.3) is 0 Å². The molecule has 0 saturated heterocycles. The maximum absolute atomic E-state index is 10.1. The van der Waals surface area contributed by atoms with Crippen molar-refractivity contribution in [3.63, 3.8) is 0 Å². The second-order valence-corrected chi connectivity index (χ2v) is 2.49. The van der Waals surface area contributed by atoms with Gasteiger partial charge >= 0.3 is 0 Å². The van der Waals surface area contributed by atoms with Crippen LogP contribution >= 0.6 is 15.9 Å². The lowest BCUT2D eigenvalue weighted by molar-refractivity contribution is -0.158. The number of rotatable bonds is 5. The molecule has 10 heavy (non-hydrogen) atoms. The van der Waals surface area contributed by atoms with Crippen molar-refractivity contribution in [2.45, 2.75) is 19.3 Å². The van der Waals surface area contributed by atoms with Crippen LogP contribution in [0.15, 0.2) is 0 Å². The molecule has 0 saturated carbocycles. The lowest BCUT2D eigenvalue weighted by atomic mass is 10.5. The summed E-state index contributed by atoms with van der Waals surface area (Å²) >= 11 is 3.21. The quantitative estimate of drug-likeness (QED) is 0.386. The first-order chi connectivity index (χ1) is 4.74. The van der Waals surface area contributed by atoms with Gasteiger partial charge in [-0.1, -0.05) is 15.9 Å². The van der Waals surface area contributed by atoms with E-state index in [0.29, 0.717) is 11.6 Å². The highest BCUT2D eigenvalue weighted by Crippen LogP contribution is 1.99. The molecule has 0 aromatic heterocycles. The summed E-state index contributed by atoms with van der Waals surface area (Å²) in [5.74, 6) is 0. The predicted molar refractivity (Wildman–Crippen MR) is 41.2 cm³/mol. The standard InChI is InChI=1S/C6H11BrO3/c1-5(3-7)10-6(4-8)9-2/h4-6H,3H2,1-2H3. The zero-order chi connectivity index (χ0) is 7.98. The number of aldehydes is 1. The lowest BCUT2D eigenvalue weighted by Crippen LogP contribution is -2.23. The predicted octanol–water partition coefficient (Wildman–Crippen LogP) is 0.958. The summed E-state index contributed by atoms with van der Waals surface area (Å²) < 4.78 is 9.72. The van der Waals surface area contributed by atoms with Crippen molar-refractivity contribution in [2.24, 2.45) is 0 Å². The van der Waals surface area contributed by atoms with Crippen LogP contribution in [-0.2, 0) is 14.3 Å². The number of hydrogen-bond acceptors (Lipinski definition) is 3. The third kappa shape index (κ3) is 3.98. The van der Waals surface area contributed by atoms with Crippen LogP contribution in [0.3, 0.4) is 0 Å². The van der Waals surface area contributed by atoms with E-state index in [4.69, 9.17) is 4.74 Å². The van der Waals surface area contributed by atoms with Crippen LogP contribution in [0.4, 0.5) is 0 Å². The number of hydrogen-bond donors (Lipinski definition) is 0. The minimum Gasteiger partial charge on any atom is -0.350 e. The van der Waals surface area contributed by atoms with Gasteiger partial charge in [-0.15, -0.1) is 0 Å². The van der Waals surface area contributed by atoms with Crippen LogP contribution in [0, 0.1) is 0 Å². The van der Waals surface area contributed by atoms with Gasteiger partial charge in [0.2, 0.25) is 6.29 Å². The van der Waals surface area contributed by atoms with Gasteiger partial charge in [-0.25, -0.2) is 0 Å². The van der Waals surface area contributed by atoms with Gasteiger partial charge in [0.05, 0.1) is 6.10 Å². The zero-order valence-electron chi connectivity index (χ0n) is 6.04. The molecule has 0 aliphatic heterocycles. The number of alkyl halides is 1. The van der Waals surface area contributed by atoms with Crippen LogP contribution in [0.2, 0.25) is 0 Å². The Kier molecular flexibility index (Phi) is 5.87. The fourth-order valence-corrected chi connectivity index (χ4v) is 0.561. The highest BCUT2D eigenvalue weighted by molar-refractivity contribution is 9.09. The lowest BCUT2D eigenvalue weighted by Gasteiger charge is -2.13. The minimum absolute atomic E-state index is 0.00449. The van der Waals surface area contributed by atoms with E-state index >= 15 is 0 Å². The summed E-state index contributed by atoms with van der Waals surface area (Å²) in [7, 11) is 1.43. The van der Waals surface area contributed by atoms with E-state index in [1.807, 2.05) is 6.92 Å². The van der Waals surface area contributed by atoms with Gasteiger partial charge in [-0.05, 0) is 6.92 Å². The number of carbonyl (C=O) groups is 1. The molecule has 2 atom stereocenters. The van der Waals surface area contributed by atoms with Crippen LogP contribution in [0.1, 0.15) is 6.92 Å². The fourth-order valence-electron chi connectivity index (χ4n) is 0.409. The van der Waals surface area contributed by atoms with Gasteiger partial charge in [0, 0.05) is 12.4 Å². The van der Waals surface area contributed by atoms with E-state index in [0.717, 1.165) is 0 Å². The van der Waals surface area contributed by atoms with E-state index in [-0.39, 0.29) is 6.10 Å². The van der Waals surface area contributed by atoms with Gasteiger partial charge in [0.1, 0.15) is 0 Å². The molecule has 2 unspecified atom stereocenters. The second-order valence-electron chi connectivity index (χ2n) is 1.84. The Hall–Kier alpha value is 0.0700. The molecule has 0 aliphatic rings. The van der Waals surface area contributed by atoms with Crippen molar-refractivity contribution in [1.29, 1.82) is 0 Å². The Morgan fingerprint density at radius 3 is 2.60 bits per heavy atom. The summed E-state index contributed by atoms with van der Waals surface area (Å²) in [6.45, 7) is 1.85. The minimum atomic E-state index is -0.729. The van der Waals surface area contributed by atoms with Crippen LogP contribution in [0.5, 0.6) is 0 Å². The number of halogens is 1. The Morgan fingerprint density at radius 2 is 2.30 bits per heavy atom. The van der Waals surface area contributed by atoms with Crippen molar-refractivity contribution in [3.8, 4) is 0 Å². The van der Waals surface area contributed by atoms with E-state index in [2.05, 4.69) is 20.7 Å². The normalized spacial score (nSPS) is 16.3. The Balaban J connectivity index is 3.51. The summed E-state index contributed by atoms with van der Waals surface area (Å²) in [6, 6.07) is 0.